The average molecular weight is 443 g/mol. The van der Waals surface area contributed by atoms with Crippen molar-refractivity contribution in [3.63, 3.8) is 0 Å². The number of carbonyl (C=O) groups is 1. The quantitative estimate of drug-likeness (QED) is 0.623. The van der Waals surface area contributed by atoms with Crippen molar-refractivity contribution in [1.82, 2.24) is 9.80 Å². The summed E-state index contributed by atoms with van der Waals surface area (Å²) in [5, 5.41) is 9.01. The van der Waals surface area contributed by atoms with Crippen LogP contribution in [-0.2, 0) is 14.3 Å². The van der Waals surface area contributed by atoms with Crippen molar-refractivity contribution in [2.24, 2.45) is 0 Å². The molecule has 2 atom stereocenters. The van der Waals surface area contributed by atoms with Gasteiger partial charge in [0.1, 0.15) is 0 Å². The Morgan fingerprint density at radius 1 is 1.03 bits per heavy atom. The Labute approximate surface area is 192 Å². The van der Waals surface area contributed by atoms with E-state index in [0.717, 1.165) is 32.4 Å². The molecule has 3 aliphatic rings. The highest BCUT2D eigenvalue weighted by atomic mass is 16.7. The number of carbonyl (C=O) groups excluding carboxylic acids is 1. The summed E-state index contributed by atoms with van der Waals surface area (Å²) in [6, 6.07) is 10.9. The highest BCUT2D eigenvalue weighted by Crippen LogP contribution is 2.32. The normalized spacial score (nSPS) is 25.3. The van der Waals surface area contributed by atoms with Crippen molar-refractivity contribution in [3.05, 3.63) is 47.7 Å². The number of aliphatic hydroxyl groups is 1. The van der Waals surface area contributed by atoms with Gasteiger partial charge in [-0.1, -0.05) is 36.8 Å². The Balaban J connectivity index is 1.39. The standard InChI is InChI=1S/C26H38N2O4/c29-17-7-8-18-31-25-20-22(21-9-3-1-4-10-21)19-24(32-25)26(30)28-15-11-23(12-16-28)27-13-5-2-6-14-27/h1,3-4,9-10,19,22-23,25,29H,2,5-8,11-18,20H2/t22-,25+/m0/s1. The number of hydrogen-bond donors (Lipinski definition) is 1. The van der Waals surface area contributed by atoms with Crippen LogP contribution in [0.5, 0.6) is 0 Å². The van der Waals surface area contributed by atoms with Crippen molar-refractivity contribution in [3.8, 4) is 0 Å². The Morgan fingerprint density at radius 3 is 2.50 bits per heavy atom. The second-order valence-electron chi connectivity index (χ2n) is 9.25. The van der Waals surface area contributed by atoms with Gasteiger partial charge in [-0.05, 0) is 63.3 Å². The number of piperidine rings is 2. The van der Waals surface area contributed by atoms with Gasteiger partial charge in [0, 0.05) is 38.1 Å². The summed E-state index contributed by atoms with van der Waals surface area (Å²) < 4.78 is 12.0. The van der Waals surface area contributed by atoms with E-state index in [-0.39, 0.29) is 18.4 Å². The fraction of sp³-hybridized carbons (Fsp3) is 0.654. The number of hydrogen-bond acceptors (Lipinski definition) is 5. The predicted octanol–water partition coefficient (Wildman–Crippen LogP) is 3.67. The van der Waals surface area contributed by atoms with Crippen molar-refractivity contribution < 1.29 is 19.4 Å². The molecule has 4 rings (SSSR count). The fourth-order valence-electron chi connectivity index (χ4n) is 5.15. The van der Waals surface area contributed by atoms with E-state index in [4.69, 9.17) is 14.6 Å². The third-order valence-corrected chi connectivity index (χ3v) is 7.01. The lowest BCUT2D eigenvalue weighted by atomic mass is 9.92. The first kappa shape index (κ1) is 23.3. The van der Waals surface area contributed by atoms with Crippen LogP contribution < -0.4 is 0 Å². The molecule has 3 heterocycles. The van der Waals surface area contributed by atoms with E-state index in [9.17, 15) is 4.79 Å². The van der Waals surface area contributed by atoms with Gasteiger partial charge in [-0.15, -0.1) is 0 Å². The van der Waals surface area contributed by atoms with Gasteiger partial charge in [-0.25, -0.2) is 0 Å². The van der Waals surface area contributed by atoms with E-state index in [1.807, 2.05) is 29.2 Å². The number of likely N-dealkylation sites (tertiary alicyclic amines) is 2. The number of amides is 1. The number of rotatable bonds is 8. The van der Waals surface area contributed by atoms with Crippen molar-refractivity contribution in [2.45, 2.75) is 69.6 Å². The van der Waals surface area contributed by atoms with E-state index < -0.39 is 6.29 Å². The van der Waals surface area contributed by atoms with Gasteiger partial charge < -0.3 is 24.4 Å². The lowest BCUT2D eigenvalue weighted by Crippen LogP contribution is -2.49. The van der Waals surface area contributed by atoms with Crippen LogP contribution in [0.1, 0.15) is 62.8 Å². The first-order valence-corrected chi connectivity index (χ1v) is 12.4. The van der Waals surface area contributed by atoms with Crippen LogP contribution in [-0.4, -0.2) is 72.5 Å². The first-order chi connectivity index (χ1) is 15.7. The van der Waals surface area contributed by atoms with E-state index in [1.165, 1.54) is 37.9 Å². The summed E-state index contributed by atoms with van der Waals surface area (Å²) in [5.74, 6) is 0.512. The molecule has 0 aliphatic carbocycles. The van der Waals surface area contributed by atoms with Gasteiger partial charge in [-0.2, -0.15) is 0 Å². The highest BCUT2D eigenvalue weighted by Gasteiger charge is 2.33. The zero-order valence-corrected chi connectivity index (χ0v) is 19.2. The molecule has 3 aliphatic heterocycles. The molecular formula is C26H38N2O4. The topological polar surface area (TPSA) is 62.2 Å². The van der Waals surface area contributed by atoms with Gasteiger partial charge in [0.25, 0.3) is 5.91 Å². The molecule has 1 N–H and O–H groups in total. The van der Waals surface area contributed by atoms with Gasteiger partial charge >= 0.3 is 0 Å². The second-order valence-corrected chi connectivity index (χ2v) is 9.25. The van der Waals surface area contributed by atoms with Gasteiger partial charge in [0.15, 0.2) is 5.76 Å². The molecule has 6 nitrogen and oxygen atoms in total. The molecule has 1 aromatic rings. The molecule has 6 heteroatoms. The van der Waals surface area contributed by atoms with Crippen molar-refractivity contribution >= 4 is 5.91 Å². The number of aliphatic hydroxyl groups excluding tert-OH is 1. The zero-order chi connectivity index (χ0) is 22.2. The molecule has 0 aromatic heterocycles. The first-order valence-electron chi connectivity index (χ1n) is 12.4. The molecule has 176 valence electrons. The molecule has 0 saturated carbocycles. The van der Waals surface area contributed by atoms with E-state index in [2.05, 4.69) is 17.0 Å². The zero-order valence-electron chi connectivity index (χ0n) is 19.2. The maximum atomic E-state index is 13.4. The Kier molecular flexibility index (Phi) is 8.60. The summed E-state index contributed by atoms with van der Waals surface area (Å²) in [5.41, 5.74) is 1.17. The molecule has 0 unspecified atom stereocenters. The lowest BCUT2D eigenvalue weighted by molar-refractivity contribution is -0.153. The van der Waals surface area contributed by atoms with Crippen LogP contribution >= 0.6 is 0 Å². The van der Waals surface area contributed by atoms with E-state index >= 15 is 0 Å². The van der Waals surface area contributed by atoms with E-state index in [0.29, 0.717) is 31.2 Å². The van der Waals surface area contributed by atoms with Crippen LogP contribution in [0.25, 0.3) is 0 Å². The van der Waals surface area contributed by atoms with Crippen LogP contribution in [0.15, 0.2) is 42.2 Å². The number of nitrogens with zero attached hydrogens (tertiary/aromatic N) is 2. The molecule has 2 fully saturated rings. The minimum Gasteiger partial charge on any atom is -0.459 e. The van der Waals surface area contributed by atoms with Gasteiger partial charge in [-0.3, -0.25) is 4.79 Å². The monoisotopic (exact) mass is 442 g/mol. The Morgan fingerprint density at radius 2 is 1.78 bits per heavy atom. The summed E-state index contributed by atoms with van der Waals surface area (Å²) >= 11 is 0. The molecule has 2 saturated heterocycles. The fourth-order valence-corrected chi connectivity index (χ4v) is 5.15. The van der Waals surface area contributed by atoms with Gasteiger partial charge in [0.2, 0.25) is 6.29 Å². The predicted molar refractivity (Wildman–Crippen MR) is 124 cm³/mol. The Hall–Kier alpha value is -1.89. The number of unbranched alkanes of at least 4 members (excludes halogenated alkanes) is 1. The number of ether oxygens (including phenoxy) is 2. The average Bonchev–Trinajstić information content (AvgIpc) is 2.87. The van der Waals surface area contributed by atoms with Crippen LogP contribution in [0, 0.1) is 0 Å². The summed E-state index contributed by atoms with van der Waals surface area (Å²) in [6.07, 6.45) is 9.79. The van der Waals surface area contributed by atoms with Crippen LogP contribution in [0.4, 0.5) is 0 Å². The third-order valence-electron chi connectivity index (χ3n) is 7.01. The summed E-state index contributed by atoms with van der Waals surface area (Å²) in [6.45, 7) is 4.69. The minimum absolute atomic E-state index is 0.00770. The summed E-state index contributed by atoms with van der Waals surface area (Å²) in [7, 11) is 0. The summed E-state index contributed by atoms with van der Waals surface area (Å²) in [4.78, 5) is 18.0. The maximum absolute atomic E-state index is 13.4. The van der Waals surface area contributed by atoms with Gasteiger partial charge in [0.05, 0.1) is 6.61 Å². The molecule has 0 radical (unpaired) electrons. The SMILES string of the molecule is O=C(C1=C[C@H](c2ccccc2)C[C@H](OCCCCO)O1)N1CCC(N2CCCCC2)CC1. The minimum atomic E-state index is -0.436. The third kappa shape index (κ3) is 6.12. The largest absolute Gasteiger partial charge is 0.459 e. The van der Waals surface area contributed by atoms with Crippen molar-refractivity contribution in [1.29, 1.82) is 0 Å². The molecule has 1 aromatic carbocycles. The molecule has 32 heavy (non-hydrogen) atoms. The second kappa shape index (κ2) is 11.8. The maximum Gasteiger partial charge on any atom is 0.288 e. The Bertz CT molecular complexity index is 739. The smallest absolute Gasteiger partial charge is 0.288 e. The lowest BCUT2D eigenvalue weighted by Gasteiger charge is -2.40. The molecule has 0 spiro atoms. The van der Waals surface area contributed by atoms with E-state index in [1.54, 1.807) is 0 Å². The number of allylic oxidation sites excluding steroid dienone is 1. The van der Waals surface area contributed by atoms with Crippen LogP contribution in [0.3, 0.4) is 0 Å². The highest BCUT2D eigenvalue weighted by molar-refractivity contribution is 5.91. The molecule has 0 bridgehead atoms. The number of benzene rings is 1. The molecule has 1 amide bonds. The van der Waals surface area contributed by atoms with Crippen molar-refractivity contribution in [2.75, 3.05) is 39.4 Å². The van der Waals surface area contributed by atoms with Crippen LogP contribution in [0.2, 0.25) is 0 Å². The molecular weight excluding hydrogens is 404 g/mol.